The van der Waals surface area contributed by atoms with Gasteiger partial charge in [-0.3, -0.25) is 4.79 Å². The largest absolute Gasteiger partial charge is 0.461 e. The molecule has 0 spiro atoms. The van der Waals surface area contributed by atoms with E-state index in [0.717, 1.165) is 0 Å². The lowest BCUT2D eigenvalue weighted by molar-refractivity contribution is -0.141. The molecular formula is C9H13IO4. The fourth-order valence-electron chi connectivity index (χ4n) is 2.39. The van der Waals surface area contributed by atoms with Gasteiger partial charge in [0.25, 0.3) is 0 Å². The molecule has 1 N–H and O–H groups in total. The molecule has 5 atom stereocenters. The Morgan fingerprint density at radius 2 is 2.43 bits per heavy atom. The first-order valence-corrected chi connectivity index (χ1v) is 5.90. The highest BCUT2D eigenvalue weighted by Crippen LogP contribution is 2.44. The predicted molar refractivity (Wildman–Crippen MR) is 57.2 cm³/mol. The van der Waals surface area contributed by atoms with Crippen LogP contribution in [0.5, 0.6) is 0 Å². The third kappa shape index (κ3) is 1.55. The zero-order chi connectivity index (χ0) is 10.3. The molecule has 1 heterocycles. The summed E-state index contributed by atoms with van der Waals surface area (Å²) < 4.78 is 10.2. The Labute approximate surface area is 96.1 Å². The number of esters is 1. The van der Waals surface area contributed by atoms with Crippen LogP contribution in [0.15, 0.2) is 0 Å². The van der Waals surface area contributed by atoms with Crippen LogP contribution in [-0.4, -0.2) is 40.9 Å². The zero-order valence-corrected chi connectivity index (χ0v) is 10.0. The van der Waals surface area contributed by atoms with E-state index in [9.17, 15) is 9.90 Å². The summed E-state index contributed by atoms with van der Waals surface area (Å²) in [5, 5.41) is 9.90. The molecule has 0 aromatic carbocycles. The number of rotatable bonds is 2. The van der Waals surface area contributed by atoms with Crippen LogP contribution in [0, 0.1) is 11.8 Å². The SMILES string of the molecule is COC[C@@H]1[C@@H](O)[C@H](I)[C@H]2OC(=O)C[C@@H]12. The van der Waals surface area contributed by atoms with Gasteiger partial charge in [0, 0.05) is 18.9 Å². The molecule has 4 nitrogen and oxygen atoms in total. The highest BCUT2D eigenvalue weighted by molar-refractivity contribution is 14.1. The number of methoxy groups -OCH3 is 1. The van der Waals surface area contributed by atoms with Crippen LogP contribution in [0.2, 0.25) is 0 Å². The van der Waals surface area contributed by atoms with E-state index < -0.39 is 6.10 Å². The van der Waals surface area contributed by atoms with E-state index in [1.807, 2.05) is 0 Å². The van der Waals surface area contributed by atoms with Gasteiger partial charge < -0.3 is 14.6 Å². The molecule has 2 aliphatic rings. The Kier molecular flexibility index (Phi) is 2.99. The van der Waals surface area contributed by atoms with Crippen LogP contribution in [-0.2, 0) is 14.3 Å². The van der Waals surface area contributed by atoms with Crippen LogP contribution in [0.1, 0.15) is 6.42 Å². The van der Waals surface area contributed by atoms with Crippen molar-refractivity contribution in [3.63, 3.8) is 0 Å². The summed E-state index contributed by atoms with van der Waals surface area (Å²) in [5.74, 6) is 0.0346. The van der Waals surface area contributed by atoms with Crippen LogP contribution in [0.3, 0.4) is 0 Å². The molecule has 1 aliphatic heterocycles. The van der Waals surface area contributed by atoms with Crippen molar-refractivity contribution in [1.82, 2.24) is 0 Å². The number of aliphatic hydroxyl groups is 1. The summed E-state index contributed by atoms with van der Waals surface area (Å²) in [7, 11) is 1.61. The Hall–Kier alpha value is 0.120. The molecule has 14 heavy (non-hydrogen) atoms. The van der Waals surface area contributed by atoms with Gasteiger partial charge in [-0.05, 0) is 0 Å². The van der Waals surface area contributed by atoms with Gasteiger partial charge in [-0.2, -0.15) is 0 Å². The van der Waals surface area contributed by atoms with E-state index >= 15 is 0 Å². The Morgan fingerprint density at radius 3 is 3.07 bits per heavy atom. The minimum atomic E-state index is -0.418. The molecular weight excluding hydrogens is 299 g/mol. The normalized spacial score (nSPS) is 46.5. The average Bonchev–Trinajstić information content (AvgIpc) is 2.61. The van der Waals surface area contributed by atoms with Crippen molar-refractivity contribution in [3.8, 4) is 0 Å². The van der Waals surface area contributed by atoms with Crippen molar-refractivity contribution >= 4 is 28.6 Å². The molecule has 1 saturated carbocycles. The number of alkyl halides is 1. The first-order valence-electron chi connectivity index (χ1n) is 4.65. The van der Waals surface area contributed by atoms with Gasteiger partial charge in [0.05, 0.1) is 23.1 Å². The second kappa shape index (κ2) is 3.94. The molecule has 0 radical (unpaired) electrons. The van der Waals surface area contributed by atoms with Gasteiger partial charge >= 0.3 is 5.97 Å². The Balaban J connectivity index is 2.14. The summed E-state index contributed by atoms with van der Waals surface area (Å²) in [5.41, 5.74) is 0. The Morgan fingerprint density at radius 1 is 1.71 bits per heavy atom. The first-order chi connectivity index (χ1) is 6.65. The van der Waals surface area contributed by atoms with Crippen LogP contribution in [0.4, 0.5) is 0 Å². The number of carbonyl (C=O) groups is 1. The second-order valence-corrected chi connectivity index (χ2v) is 5.32. The topological polar surface area (TPSA) is 55.8 Å². The number of hydrogen-bond acceptors (Lipinski definition) is 4. The van der Waals surface area contributed by atoms with Crippen molar-refractivity contribution in [1.29, 1.82) is 0 Å². The van der Waals surface area contributed by atoms with Gasteiger partial charge in [-0.25, -0.2) is 0 Å². The van der Waals surface area contributed by atoms with Gasteiger partial charge in [0.1, 0.15) is 6.10 Å². The van der Waals surface area contributed by atoms with E-state index in [1.165, 1.54) is 0 Å². The first kappa shape index (κ1) is 10.6. The van der Waals surface area contributed by atoms with Gasteiger partial charge in [0.15, 0.2) is 0 Å². The Bertz CT molecular complexity index is 245. The number of fused-ring (bicyclic) bond motifs is 1. The molecule has 1 aliphatic carbocycles. The van der Waals surface area contributed by atoms with Crippen LogP contribution < -0.4 is 0 Å². The second-order valence-electron chi connectivity index (χ2n) is 3.88. The molecule has 2 fully saturated rings. The maximum Gasteiger partial charge on any atom is 0.306 e. The van der Waals surface area contributed by atoms with Gasteiger partial charge in [-0.15, -0.1) is 0 Å². The molecule has 1 saturated heterocycles. The number of aliphatic hydroxyl groups excluding tert-OH is 1. The third-order valence-electron chi connectivity index (χ3n) is 3.08. The lowest BCUT2D eigenvalue weighted by Gasteiger charge is -2.18. The minimum Gasteiger partial charge on any atom is -0.461 e. The van der Waals surface area contributed by atoms with Gasteiger partial charge in [-0.1, -0.05) is 22.6 Å². The molecule has 0 unspecified atom stereocenters. The lowest BCUT2D eigenvalue weighted by Crippen LogP contribution is -2.29. The summed E-state index contributed by atoms with van der Waals surface area (Å²) in [6.07, 6.45) is -0.105. The van der Waals surface area contributed by atoms with Gasteiger partial charge in [0.2, 0.25) is 0 Å². The molecule has 5 heteroatoms. The number of halogens is 1. The maximum atomic E-state index is 11.1. The van der Waals surface area contributed by atoms with Crippen molar-refractivity contribution in [2.24, 2.45) is 11.8 Å². The summed E-state index contributed by atoms with van der Waals surface area (Å²) in [6, 6.07) is 0. The summed E-state index contributed by atoms with van der Waals surface area (Å²) in [6.45, 7) is 0.498. The summed E-state index contributed by atoms with van der Waals surface area (Å²) in [4.78, 5) is 11.1. The lowest BCUT2D eigenvalue weighted by atomic mass is 9.93. The predicted octanol–water partition coefficient (Wildman–Crippen LogP) is 0.359. The highest BCUT2D eigenvalue weighted by atomic mass is 127. The average molecular weight is 312 g/mol. The quantitative estimate of drug-likeness (QED) is 0.454. The molecule has 0 aromatic heterocycles. The standard InChI is InChI=1S/C9H13IO4/c1-13-3-5-4-2-6(11)14-9(4)7(10)8(5)12/h4-5,7-9,12H,2-3H2,1H3/t4-,5-,7-,8+,9-/m0/s1. The minimum absolute atomic E-state index is 0.00389. The number of carbonyl (C=O) groups excluding carboxylic acids is 1. The molecule has 0 amide bonds. The molecule has 2 rings (SSSR count). The van der Waals surface area contributed by atoms with E-state index in [4.69, 9.17) is 9.47 Å². The molecule has 0 aromatic rings. The van der Waals surface area contributed by atoms with E-state index in [-0.39, 0.29) is 27.8 Å². The van der Waals surface area contributed by atoms with E-state index in [1.54, 1.807) is 7.11 Å². The molecule has 0 bridgehead atoms. The highest BCUT2D eigenvalue weighted by Gasteiger charge is 2.54. The van der Waals surface area contributed by atoms with Crippen LogP contribution >= 0.6 is 22.6 Å². The van der Waals surface area contributed by atoms with Crippen molar-refractivity contribution in [2.75, 3.05) is 13.7 Å². The van der Waals surface area contributed by atoms with E-state index in [0.29, 0.717) is 13.0 Å². The fourth-order valence-corrected chi connectivity index (χ4v) is 3.60. The van der Waals surface area contributed by atoms with Crippen molar-refractivity contribution < 1.29 is 19.4 Å². The zero-order valence-electron chi connectivity index (χ0n) is 7.85. The fraction of sp³-hybridized carbons (Fsp3) is 0.889. The van der Waals surface area contributed by atoms with Crippen LogP contribution in [0.25, 0.3) is 0 Å². The van der Waals surface area contributed by atoms with E-state index in [2.05, 4.69) is 22.6 Å². The number of ether oxygens (including phenoxy) is 2. The molecule has 80 valence electrons. The van der Waals surface area contributed by atoms with Crippen molar-refractivity contribution in [2.45, 2.75) is 22.6 Å². The third-order valence-corrected chi connectivity index (χ3v) is 4.53. The smallest absolute Gasteiger partial charge is 0.306 e. The van der Waals surface area contributed by atoms with Crippen molar-refractivity contribution in [3.05, 3.63) is 0 Å². The number of hydrogen-bond donors (Lipinski definition) is 1. The monoisotopic (exact) mass is 312 g/mol. The maximum absolute atomic E-state index is 11.1. The summed E-state index contributed by atoms with van der Waals surface area (Å²) >= 11 is 2.16.